The number of hydrogen-bond acceptors (Lipinski definition) is 2. The minimum absolute atomic E-state index is 0.146. The van der Waals surface area contributed by atoms with E-state index in [-0.39, 0.29) is 5.88 Å². The van der Waals surface area contributed by atoms with Crippen molar-refractivity contribution in [3.05, 3.63) is 0 Å². The molecule has 0 aromatic carbocycles. The van der Waals surface area contributed by atoms with Crippen molar-refractivity contribution in [2.45, 2.75) is 8.79 Å². The molecular weight excluding hydrogens is 272 g/mol. The van der Waals surface area contributed by atoms with Gasteiger partial charge in [-0.15, -0.1) is 16.7 Å². The van der Waals surface area contributed by atoms with Crippen LogP contribution in [0.5, 0.6) is 0 Å². The first kappa shape index (κ1) is 12.5. The Morgan fingerprint density at radius 1 is 1.18 bits per heavy atom. The van der Waals surface area contributed by atoms with Crippen LogP contribution < -0.4 is 0 Å². The average molecular weight is 276 g/mol. The molecule has 2 nitrogen and oxygen atoms in total. The van der Waals surface area contributed by atoms with Gasteiger partial charge in [-0.3, -0.25) is 0 Å². The van der Waals surface area contributed by atoms with E-state index in [9.17, 15) is 0 Å². The van der Waals surface area contributed by atoms with Gasteiger partial charge >= 0.3 is 0 Å². The minimum Gasteiger partial charge on any atom is -0.175 e. The summed E-state index contributed by atoms with van der Waals surface area (Å²) in [5.41, 5.74) is 0. The zero-order valence-corrected chi connectivity index (χ0v) is 10.0. The smallest absolute Gasteiger partial charge is 0.175 e. The molecular formula is C3H4Cl5N2P. The van der Waals surface area contributed by atoms with Crippen molar-refractivity contribution in [3.8, 4) is 0 Å². The van der Waals surface area contributed by atoms with Crippen molar-refractivity contribution in [1.29, 1.82) is 0 Å². The van der Waals surface area contributed by atoms with Gasteiger partial charge in [-0.1, -0.05) is 46.4 Å². The van der Waals surface area contributed by atoms with Crippen LogP contribution in [-0.4, -0.2) is 14.7 Å². The lowest BCUT2D eigenvalue weighted by Crippen LogP contribution is -2.35. The fourth-order valence-electron chi connectivity index (χ4n) is 0.226. The van der Waals surface area contributed by atoms with Crippen LogP contribution in [0, 0.1) is 0 Å². The summed E-state index contributed by atoms with van der Waals surface area (Å²) in [5, 5.41) is 3.37. The highest BCUT2D eigenvalue weighted by atomic mass is 35.5. The fourth-order valence-corrected chi connectivity index (χ4v) is 1.17. The van der Waals surface area contributed by atoms with Gasteiger partial charge < -0.3 is 0 Å². The molecule has 0 amide bonds. The summed E-state index contributed by atoms with van der Waals surface area (Å²) in [6, 6.07) is 0. The Morgan fingerprint density at radius 3 is 1.91 bits per heavy atom. The van der Waals surface area contributed by atoms with Gasteiger partial charge in [0.25, 0.3) is 4.46 Å². The summed E-state index contributed by atoms with van der Waals surface area (Å²) in [6.07, 6.45) is 0. The van der Waals surface area contributed by atoms with E-state index >= 15 is 0 Å². The van der Waals surface area contributed by atoms with Crippen molar-refractivity contribution in [1.82, 2.24) is 0 Å². The van der Waals surface area contributed by atoms with Gasteiger partial charge in [0.1, 0.15) is 0 Å². The van der Waals surface area contributed by atoms with Gasteiger partial charge in [0.2, 0.25) is 0 Å². The van der Waals surface area contributed by atoms with E-state index in [2.05, 4.69) is 10.00 Å². The molecule has 66 valence electrons. The Hall–Kier alpha value is 1.48. The third-order valence-electron chi connectivity index (χ3n) is 0.791. The molecule has 8 heteroatoms. The normalized spacial score (nSPS) is 14.4. The standard InChI is InChI=1S/C3H4Cl5N2P/c4-1-2(5,6)3(7,8)9-10-11/h1,11H2. The molecule has 0 aliphatic rings. The first-order chi connectivity index (χ1) is 4.87. The van der Waals surface area contributed by atoms with Crippen molar-refractivity contribution in [2.24, 2.45) is 10.00 Å². The predicted octanol–water partition coefficient (Wildman–Crippen LogP) is 3.77. The van der Waals surface area contributed by atoms with Crippen molar-refractivity contribution >= 4 is 67.4 Å². The minimum atomic E-state index is -1.72. The lowest BCUT2D eigenvalue weighted by Gasteiger charge is -2.25. The van der Waals surface area contributed by atoms with E-state index in [1.807, 2.05) is 9.39 Å². The van der Waals surface area contributed by atoms with E-state index in [0.29, 0.717) is 0 Å². The summed E-state index contributed by atoms with van der Waals surface area (Å²) >= 11 is 27.7. The second-order valence-electron chi connectivity index (χ2n) is 1.59. The molecule has 0 saturated carbocycles. The maximum atomic E-state index is 5.60. The Labute approximate surface area is 91.8 Å². The highest BCUT2D eigenvalue weighted by molar-refractivity contribution is 7.14. The Bertz CT molecular complexity index is 158. The number of alkyl halides is 5. The Morgan fingerprint density at radius 2 is 1.64 bits per heavy atom. The molecule has 11 heavy (non-hydrogen) atoms. The zero-order valence-electron chi connectivity index (χ0n) is 5.07. The summed E-state index contributed by atoms with van der Waals surface area (Å²) in [4.78, 5) is 3.27. The van der Waals surface area contributed by atoms with Crippen LogP contribution in [0.4, 0.5) is 0 Å². The maximum absolute atomic E-state index is 5.60. The van der Waals surface area contributed by atoms with Gasteiger partial charge in [-0.05, 0) is 0 Å². The molecule has 0 saturated heterocycles. The number of rotatable bonds is 3. The maximum Gasteiger partial charge on any atom is 0.261 e. The number of nitrogens with zero attached hydrogens (tertiary/aromatic N) is 2. The predicted molar refractivity (Wildman–Crippen MR) is 54.2 cm³/mol. The van der Waals surface area contributed by atoms with Crippen LogP contribution in [0.3, 0.4) is 0 Å². The van der Waals surface area contributed by atoms with E-state index in [1.54, 1.807) is 0 Å². The van der Waals surface area contributed by atoms with Crippen LogP contribution in [0.1, 0.15) is 0 Å². The van der Waals surface area contributed by atoms with Crippen molar-refractivity contribution < 1.29 is 0 Å². The van der Waals surface area contributed by atoms with Crippen LogP contribution in [0.25, 0.3) is 0 Å². The van der Waals surface area contributed by atoms with Crippen molar-refractivity contribution in [2.75, 3.05) is 5.88 Å². The molecule has 0 N–H and O–H groups in total. The molecule has 0 aliphatic carbocycles. The van der Waals surface area contributed by atoms with Gasteiger partial charge in [-0.25, -0.2) is 0 Å². The van der Waals surface area contributed by atoms with Crippen LogP contribution in [0.15, 0.2) is 10.00 Å². The molecule has 0 bridgehead atoms. The molecule has 0 radical (unpaired) electrons. The first-order valence-corrected chi connectivity index (χ1v) is 4.87. The first-order valence-electron chi connectivity index (χ1n) is 2.31. The van der Waals surface area contributed by atoms with Gasteiger partial charge in [0, 0.05) is 9.39 Å². The second-order valence-corrected chi connectivity index (χ2v) is 4.86. The third kappa shape index (κ3) is 3.38. The van der Waals surface area contributed by atoms with Crippen LogP contribution in [-0.2, 0) is 0 Å². The van der Waals surface area contributed by atoms with E-state index in [4.69, 9.17) is 58.0 Å². The quantitative estimate of drug-likeness (QED) is 0.324. The molecule has 0 rings (SSSR count). The molecule has 1 atom stereocenters. The molecule has 0 fully saturated rings. The summed E-state index contributed by atoms with van der Waals surface area (Å²) < 4.78 is -3.27. The Kier molecular flexibility index (Phi) is 5.27. The SMILES string of the molecule is PN=NC(Cl)(Cl)C(Cl)(Cl)CCl. The molecule has 1 unspecified atom stereocenters. The lowest BCUT2D eigenvalue weighted by atomic mass is 10.4. The number of hydrogen-bond donors (Lipinski definition) is 0. The van der Waals surface area contributed by atoms with Gasteiger partial charge in [0.15, 0.2) is 4.33 Å². The van der Waals surface area contributed by atoms with Gasteiger partial charge in [0.05, 0.1) is 5.88 Å². The fraction of sp³-hybridized carbons (Fsp3) is 1.00. The van der Waals surface area contributed by atoms with Gasteiger partial charge in [-0.2, -0.15) is 4.88 Å². The molecule has 0 aromatic heterocycles. The largest absolute Gasteiger partial charge is 0.261 e. The second kappa shape index (κ2) is 4.64. The third-order valence-corrected chi connectivity index (χ3v) is 3.58. The monoisotopic (exact) mass is 274 g/mol. The highest BCUT2D eigenvalue weighted by Gasteiger charge is 2.47. The summed E-state index contributed by atoms with van der Waals surface area (Å²) in [6.45, 7) is 0. The summed E-state index contributed by atoms with van der Waals surface area (Å²) in [5.74, 6) is -0.146. The molecule has 0 aliphatic heterocycles. The van der Waals surface area contributed by atoms with E-state index in [0.717, 1.165) is 0 Å². The molecule has 0 heterocycles. The molecule has 0 spiro atoms. The van der Waals surface area contributed by atoms with Crippen LogP contribution >= 0.6 is 67.4 Å². The van der Waals surface area contributed by atoms with Crippen molar-refractivity contribution in [3.63, 3.8) is 0 Å². The number of halogens is 5. The van der Waals surface area contributed by atoms with Crippen LogP contribution in [0.2, 0.25) is 0 Å². The Balaban J connectivity index is 4.52. The topological polar surface area (TPSA) is 24.7 Å². The van der Waals surface area contributed by atoms with E-state index < -0.39 is 8.79 Å². The summed E-state index contributed by atoms with van der Waals surface area (Å²) in [7, 11) is 1.95. The lowest BCUT2D eigenvalue weighted by molar-refractivity contribution is 0.711. The average Bonchev–Trinajstić information content (AvgIpc) is 1.87. The zero-order chi connectivity index (χ0) is 9.12. The van der Waals surface area contributed by atoms with E-state index in [1.165, 1.54) is 0 Å². The highest BCUT2D eigenvalue weighted by Crippen LogP contribution is 2.44. The molecule has 0 aromatic rings.